The van der Waals surface area contributed by atoms with Crippen molar-refractivity contribution in [2.75, 3.05) is 4.72 Å². The number of sulfonamides is 1. The maximum absolute atomic E-state index is 12.1. The van der Waals surface area contributed by atoms with E-state index >= 15 is 0 Å². The summed E-state index contributed by atoms with van der Waals surface area (Å²) in [7, 11) is -3.77. The quantitative estimate of drug-likeness (QED) is 0.845. The van der Waals surface area contributed by atoms with Crippen LogP contribution in [-0.2, 0) is 16.6 Å². The number of aryl methyl sites for hydroxylation is 1. The normalized spacial score (nSPS) is 11.5. The predicted molar refractivity (Wildman–Crippen MR) is 75.7 cm³/mol. The van der Waals surface area contributed by atoms with Gasteiger partial charge in [-0.15, -0.1) is 0 Å². The number of halogens is 2. The summed E-state index contributed by atoms with van der Waals surface area (Å²) >= 11 is 9.04. The molecule has 0 aliphatic rings. The maximum atomic E-state index is 12.1. The fourth-order valence-corrected chi connectivity index (χ4v) is 2.89. The van der Waals surface area contributed by atoms with E-state index in [0.29, 0.717) is 11.0 Å². The summed E-state index contributed by atoms with van der Waals surface area (Å²) in [6, 6.07) is 1.53. The summed E-state index contributed by atoms with van der Waals surface area (Å²) in [6.07, 6.45) is 4.38. The minimum Gasteiger partial charge on any atom is -0.336 e. The Morgan fingerprint density at radius 3 is 2.84 bits per heavy atom. The molecule has 0 aliphatic heterocycles. The number of nitrogens with one attached hydrogen (secondary N) is 1. The summed E-state index contributed by atoms with van der Waals surface area (Å²) in [5, 5.41) is 0.00657. The molecule has 9 heteroatoms. The van der Waals surface area contributed by atoms with Gasteiger partial charge in [-0.05, 0) is 28.9 Å². The molecule has 0 saturated carbocycles. The average Bonchev–Trinajstić information content (AvgIpc) is 2.83. The van der Waals surface area contributed by atoms with Gasteiger partial charge in [0.1, 0.15) is 0 Å². The lowest BCUT2D eigenvalue weighted by molar-refractivity contribution is 0.598. The molecule has 0 aromatic carbocycles. The highest BCUT2D eigenvalue weighted by Gasteiger charge is 2.19. The van der Waals surface area contributed by atoms with Gasteiger partial charge in [-0.1, -0.05) is 11.6 Å². The molecular weight excluding hydrogens is 356 g/mol. The van der Waals surface area contributed by atoms with Crippen molar-refractivity contribution in [2.45, 2.75) is 18.5 Å². The largest absolute Gasteiger partial charge is 0.336 e. The van der Waals surface area contributed by atoms with Gasteiger partial charge in [0.2, 0.25) is 0 Å². The fraction of sp³-hybridized carbons (Fsp3) is 0.200. The lowest BCUT2D eigenvalue weighted by atomic mass is 10.4. The first kappa shape index (κ1) is 14.3. The zero-order valence-electron chi connectivity index (χ0n) is 9.84. The van der Waals surface area contributed by atoms with Gasteiger partial charge >= 0.3 is 0 Å². The van der Waals surface area contributed by atoms with Crippen LogP contribution in [0, 0.1) is 0 Å². The highest BCUT2D eigenvalue weighted by molar-refractivity contribution is 9.10. The smallest absolute Gasteiger partial charge is 0.281 e. The summed E-state index contributed by atoms with van der Waals surface area (Å²) in [4.78, 5) is 7.69. The van der Waals surface area contributed by atoms with Crippen LogP contribution in [0.4, 0.5) is 5.69 Å². The van der Waals surface area contributed by atoms with E-state index < -0.39 is 10.0 Å². The number of pyridine rings is 1. The Labute approximate surface area is 124 Å². The predicted octanol–water partition coefficient (Wildman–Crippen LogP) is 2.51. The molecule has 0 unspecified atom stereocenters. The average molecular weight is 366 g/mol. The molecule has 2 heterocycles. The van der Waals surface area contributed by atoms with Crippen LogP contribution in [0.3, 0.4) is 0 Å². The third-order valence-electron chi connectivity index (χ3n) is 2.30. The van der Waals surface area contributed by atoms with E-state index in [1.54, 1.807) is 4.57 Å². The Morgan fingerprint density at radius 1 is 1.47 bits per heavy atom. The number of imidazole rings is 1. The maximum Gasteiger partial charge on any atom is 0.281 e. The van der Waals surface area contributed by atoms with Crippen LogP contribution >= 0.6 is 27.5 Å². The molecule has 102 valence electrons. The molecule has 0 radical (unpaired) electrons. The molecular formula is C10H10BrClN4O2S. The zero-order chi connectivity index (χ0) is 14.0. The van der Waals surface area contributed by atoms with Gasteiger partial charge in [-0.2, -0.15) is 8.42 Å². The van der Waals surface area contributed by atoms with Gasteiger partial charge in [-0.3, -0.25) is 4.72 Å². The van der Waals surface area contributed by atoms with Crippen LogP contribution in [0.15, 0.2) is 34.3 Å². The monoisotopic (exact) mass is 364 g/mol. The Balaban J connectivity index is 2.33. The molecule has 2 rings (SSSR count). The zero-order valence-corrected chi connectivity index (χ0v) is 13.0. The molecule has 0 bridgehead atoms. The van der Waals surface area contributed by atoms with Crippen molar-refractivity contribution in [3.63, 3.8) is 0 Å². The van der Waals surface area contributed by atoms with Crippen molar-refractivity contribution < 1.29 is 8.42 Å². The molecule has 0 saturated heterocycles. The molecule has 6 nitrogen and oxygen atoms in total. The first-order chi connectivity index (χ1) is 8.92. The minimum atomic E-state index is -3.77. The van der Waals surface area contributed by atoms with Crippen molar-refractivity contribution in [2.24, 2.45) is 0 Å². The highest BCUT2D eigenvalue weighted by atomic mass is 79.9. The SMILES string of the molecule is CCn1cnc(S(=O)(=O)Nc2cc(Br)cnc2Cl)c1. The first-order valence-corrected chi connectivity index (χ1v) is 7.93. The summed E-state index contributed by atoms with van der Waals surface area (Å²) in [6.45, 7) is 2.53. The second-order valence-electron chi connectivity index (χ2n) is 3.64. The molecule has 0 amide bonds. The second kappa shape index (κ2) is 5.48. The Hall–Kier alpha value is -1.12. The molecule has 19 heavy (non-hydrogen) atoms. The number of hydrogen-bond acceptors (Lipinski definition) is 4. The number of aromatic nitrogens is 3. The van der Waals surface area contributed by atoms with Crippen LogP contribution in [0.25, 0.3) is 0 Å². The summed E-state index contributed by atoms with van der Waals surface area (Å²) < 4.78 is 28.8. The van der Waals surface area contributed by atoms with E-state index in [0.717, 1.165) is 0 Å². The van der Waals surface area contributed by atoms with Crippen molar-refractivity contribution in [3.05, 3.63) is 34.4 Å². The van der Waals surface area contributed by atoms with E-state index in [2.05, 4.69) is 30.6 Å². The van der Waals surface area contributed by atoms with E-state index in [1.807, 2.05) is 6.92 Å². The number of nitrogens with zero attached hydrogens (tertiary/aromatic N) is 3. The van der Waals surface area contributed by atoms with Crippen LogP contribution < -0.4 is 4.72 Å². The number of hydrogen-bond donors (Lipinski definition) is 1. The first-order valence-electron chi connectivity index (χ1n) is 5.28. The van der Waals surface area contributed by atoms with Gasteiger partial charge in [0.25, 0.3) is 10.0 Å². The molecule has 0 aliphatic carbocycles. The molecule has 0 atom stereocenters. The van der Waals surface area contributed by atoms with Gasteiger partial charge < -0.3 is 4.57 Å². The third kappa shape index (κ3) is 3.26. The highest BCUT2D eigenvalue weighted by Crippen LogP contribution is 2.25. The fourth-order valence-electron chi connectivity index (χ4n) is 1.34. The Bertz CT molecular complexity index is 701. The van der Waals surface area contributed by atoms with Crippen molar-refractivity contribution >= 4 is 43.2 Å². The Morgan fingerprint density at radius 2 is 2.21 bits per heavy atom. The number of rotatable bonds is 4. The second-order valence-corrected chi connectivity index (χ2v) is 6.54. The summed E-state index contributed by atoms with van der Waals surface area (Å²) in [5.41, 5.74) is 0.196. The van der Waals surface area contributed by atoms with E-state index in [9.17, 15) is 8.42 Å². The molecule has 0 fully saturated rings. The van der Waals surface area contributed by atoms with Gasteiger partial charge in [0.05, 0.1) is 12.0 Å². The van der Waals surface area contributed by atoms with E-state index in [1.165, 1.54) is 24.8 Å². The van der Waals surface area contributed by atoms with Gasteiger partial charge in [-0.25, -0.2) is 9.97 Å². The minimum absolute atomic E-state index is 0.0645. The van der Waals surface area contributed by atoms with Gasteiger partial charge in [0, 0.05) is 23.4 Å². The van der Waals surface area contributed by atoms with Crippen LogP contribution in [0.1, 0.15) is 6.92 Å². The van der Waals surface area contributed by atoms with Crippen LogP contribution in [0.5, 0.6) is 0 Å². The number of anilines is 1. The lowest BCUT2D eigenvalue weighted by Crippen LogP contribution is -2.14. The van der Waals surface area contributed by atoms with E-state index in [-0.39, 0.29) is 15.9 Å². The molecule has 2 aromatic rings. The third-order valence-corrected chi connectivity index (χ3v) is 4.29. The van der Waals surface area contributed by atoms with Gasteiger partial charge in [0.15, 0.2) is 10.2 Å². The van der Waals surface area contributed by atoms with Crippen molar-refractivity contribution in [3.8, 4) is 0 Å². The van der Waals surface area contributed by atoms with Crippen LogP contribution in [-0.4, -0.2) is 23.0 Å². The summed E-state index contributed by atoms with van der Waals surface area (Å²) in [5.74, 6) is 0. The molecule has 0 spiro atoms. The topological polar surface area (TPSA) is 76.9 Å². The molecule has 1 N–H and O–H groups in total. The van der Waals surface area contributed by atoms with Crippen molar-refractivity contribution in [1.82, 2.24) is 14.5 Å². The lowest BCUT2D eigenvalue weighted by Gasteiger charge is -2.07. The van der Waals surface area contributed by atoms with Crippen LogP contribution in [0.2, 0.25) is 5.15 Å². The standard InChI is InChI=1S/C10H10BrClN4O2S/c1-2-16-5-9(14-6-16)19(17,18)15-8-3-7(11)4-13-10(8)12/h3-6,15H,2H2,1H3. The molecule has 2 aromatic heterocycles. The van der Waals surface area contributed by atoms with E-state index in [4.69, 9.17) is 11.6 Å². The Kier molecular flexibility index (Phi) is 4.12. The van der Waals surface area contributed by atoms with Crippen molar-refractivity contribution in [1.29, 1.82) is 0 Å².